The van der Waals surface area contributed by atoms with Crippen LogP contribution in [0.1, 0.15) is 31.4 Å². The average molecular weight is 277 g/mol. The highest BCUT2D eigenvalue weighted by atomic mass is 19.1. The fourth-order valence-corrected chi connectivity index (χ4v) is 3.40. The van der Waals surface area contributed by atoms with Crippen molar-refractivity contribution in [2.45, 2.75) is 31.8 Å². The van der Waals surface area contributed by atoms with Crippen LogP contribution in [0.15, 0.2) is 18.2 Å². The number of nitrogens with zero attached hydrogens (tertiary/aromatic N) is 1. The lowest BCUT2D eigenvalue weighted by Gasteiger charge is -2.39. The number of carbonyl (C=O) groups excluding carboxylic acids is 1. The van der Waals surface area contributed by atoms with Crippen LogP contribution in [0, 0.1) is 11.7 Å². The molecule has 1 aromatic rings. The fourth-order valence-electron chi connectivity index (χ4n) is 3.40. The van der Waals surface area contributed by atoms with Gasteiger partial charge in [0.25, 0.3) is 0 Å². The van der Waals surface area contributed by atoms with Crippen molar-refractivity contribution in [2.75, 3.05) is 18.0 Å². The number of fused-ring (bicyclic) bond motifs is 1. The first-order chi connectivity index (χ1) is 9.58. The second kappa shape index (κ2) is 5.05. The summed E-state index contributed by atoms with van der Waals surface area (Å²) in [7, 11) is 0. The van der Waals surface area contributed by atoms with Gasteiger partial charge < -0.3 is 16.0 Å². The van der Waals surface area contributed by atoms with E-state index >= 15 is 0 Å². The molecule has 3 atom stereocenters. The van der Waals surface area contributed by atoms with E-state index in [0.29, 0.717) is 6.54 Å². The Kier molecular flexibility index (Phi) is 3.38. The summed E-state index contributed by atoms with van der Waals surface area (Å²) in [5.74, 6) is -0.0749. The molecule has 108 valence electrons. The van der Waals surface area contributed by atoms with Crippen molar-refractivity contribution in [3.63, 3.8) is 0 Å². The first-order valence-corrected chi connectivity index (χ1v) is 7.17. The quantitative estimate of drug-likeness (QED) is 0.862. The van der Waals surface area contributed by atoms with E-state index in [1.165, 1.54) is 12.1 Å². The summed E-state index contributed by atoms with van der Waals surface area (Å²) >= 11 is 0. The van der Waals surface area contributed by atoms with Gasteiger partial charge in [-0.2, -0.15) is 0 Å². The van der Waals surface area contributed by atoms with Gasteiger partial charge in [-0.3, -0.25) is 4.79 Å². The van der Waals surface area contributed by atoms with Crippen LogP contribution in [-0.2, 0) is 4.79 Å². The monoisotopic (exact) mass is 277 g/mol. The molecule has 0 saturated carbocycles. The smallest absolute Gasteiger partial charge is 0.225 e. The van der Waals surface area contributed by atoms with Gasteiger partial charge in [-0.1, -0.05) is 0 Å². The number of anilines is 1. The lowest BCUT2D eigenvalue weighted by Crippen LogP contribution is -2.46. The highest BCUT2D eigenvalue weighted by Gasteiger charge is 2.41. The van der Waals surface area contributed by atoms with E-state index in [9.17, 15) is 9.18 Å². The Morgan fingerprint density at radius 1 is 1.50 bits per heavy atom. The highest BCUT2D eigenvalue weighted by Crippen LogP contribution is 2.35. The number of halogens is 1. The van der Waals surface area contributed by atoms with Crippen LogP contribution in [0.4, 0.5) is 10.1 Å². The first kappa shape index (κ1) is 13.4. The molecule has 1 aromatic carbocycles. The molecule has 4 nitrogen and oxygen atoms in total. The number of nitrogens with one attached hydrogen (secondary N) is 1. The van der Waals surface area contributed by atoms with Crippen LogP contribution >= 0.6 is 0 Å². The number of hydrogen-bond acceptors (Lipinski definition) is 3. The Balaban J connectivity index is 1.98. The molecule has 0 bridgehead atoms. The molecule has 0 spiro atoms. The van der Waals surface area contributed by atoms with Crippen molar-refractivity contribution in [3.8, 4) is 0 Å². The third kappa shape index (κ3) is 2.16. The Morgan fingerprint density at radius 2 is 2.30 bits per heavy atom. The third-order valence-corrected chi connectivity index (χ3v) is 4.39. The molecule has 2 unspecified atom stereocenters. The second-order valence-corrected chi connectivity index (χ2v) is 5.75. The Labute approximate surface area is 118 Å². The van der Waals surface area contributed by atoms with Gasteiger partial charge in [-0.15, -0.1) is 0 Å². The van der Waals surface area contributed by atoms with Crippen LogP contribution < -0.4 is 16.0 Å². The predicted molar refractivity (Wildman–Crippen MR) is 75.9 cm³/mol. The molecule has 0 aromatic heterocycles. The molecule has 2 heterocycles. The molecule has 2 fully saturated rings. The van der Waals surface area contributed by atoms with E-state index in [0.717, 1.165) is 30.6 Å². The van der Waals surface area contributed by atoms with Gasteiger partial charge in [0, 0.05) is 24.8 Å². The molecular formula is C15H20FN3O. The van der Waals surface area contributed by atoms with Crippen molar-refractivity contribution >= 4 is 11.6 Å². The highest BCUT2D eigenvalue weighted by molar-refractivity contribution is 5.83. The van der Waals surface area contributed by atoms with Crippen LogP contribution in [0.5, 0.6) is 0 Å². The van der Waals surface area contributed by atoms with E-state index < -0.39 is 0 Å². The summed E-state index contributed by atoms with van der Waals surface area (Å²) in [5.41, 5.74) is 7.75. The Morgan fingerprint density at radius 3 is 3.05 bits per heavy atom. The van der Waals surface area contributed by atoms with Gasteiger partial charge >= 0.3 is 0 Å². The summed E-state index contributed by atoms with van der Waals surface area (Å²) < 4.78 is 13.5. The zero-order valence-electron chi connectivity index (χ0n) is 11.6. The van der Waals surface area contributed by atoms with Gasteiger partial charge in [-0.05, 0) is 43.5 Å². The molecule has 0 radical (unpaired) electrons. The summed E-state index contributed by atoms with van der Waals surface area (Å²) in [6, 6.07) is 4.70. The van der Waals surface area contributed by atoms with Gasteiger partial charge in [0.15, 0.2) is 0 Å². The first-order valence-electron chi connectivity index (χ1n) is 7.17. The lowest BCUT2D eigenvalue weighted by atomic mass is 9.90. The molecule has 5 heteroatoms. The summed E-state index contributed by atoms with van der Waals surface area (Å²) in [6.45, 7) is 3.42. The molecule has 2 saturated heterocycles. The zero-order chi connectivity index (χ0) is 14.3. The topological polar surface area (TPSA) is 58.4 Å². The number of hydrogen-bond donors (Lipinski definition) is 2. The average Bonchev–Trinajstić information content (AvgIpc) is 2.81. The van der Waals surface area contributed by atoms with Gasteiger partial charge in [-0.25, -0.2) is 4.39 Å². The molecule has 3 N–H and O–H groups in total. The molecule has 2 aliphatic heterocycles. The standard InChI is InChI=1S/C15H20FN3O/c1-9(17)12-7-10(16)4-5-13(12)19-6-2-3-11-14(19)8-18-15(11)20/h4-5,7,9,11,14H,2-3,6,8,17H2,1H3,(H,18,20)/t9-,11?,14?/m0/s1. The molecule has 0 aliphatic carbocycles. The van der Waals surface area contributed by atoms with Crippen molar-refractivity contribution < 1.29 is 9.18 Å². The van der Waals surface area contributed by atoms with Crippen LogP contribution in [0.3, 0.4) is 0 Å². The van der Waals surface area contributed by atoms with Crippen LogP contribution in [0.25, 0.3) is 0 Å². The minimum Gasteiger partial charge on any atom is -0.366 e. The largest absolute Gasteiger partial charge is 0.366 e. The number of piperidine rings is 1. The second-order valence-electron chi connectivity index (χ2n) is 5.75. The van der Waals surface area contributed by atoms with E-state index in [2.05, 4.69) is 10.2 Å². The maximum atomic E-state index is 13.5. The minimum atomic E-state index is -0.268. The van der Waals surface area contributed by atoms with Gasteiger partial charge in [0.2, 0.25) is 5.91 Å². The molecule has 20 heavy (non-hydrogen) atoms. The van der Waals surface area contributed by atoms with E-state index in [1.54, 1.807) is 6.07 Å². The van der Waals surface area contributed by atoms with Gasteiger partial charge in [0.1, 0.15) is 5.82 Å². The number of amides is 1. The fraction of sp³-hybridized carbons (Fsp3) is 0.533. The lowest BCUT2D eigenvalue weighted by molar-refractivity contribution is -0.122. The molecule has 2 aliphatic rings. The maximum Gasteiger partial charge on any atom is 0.225 e. The Hall–Kier alpha value is -1.62. The van der Waals surface area contributed by atoms with E-state index in [4.69, 9.17) is 5.73 Å². The van der Waals surface area contributed by atoms with Crippen molar-refractivity contribution in [1.29, 1.82) is 0 Å². The summed E-state index contributed by atoms with van der Waals surface area (Å²) in [5, 5.41) is 2.94. The van der Waals surface area contributed by atoms with E-state index in [1.807, 2.05) is 6.92 Å². The van der Waals surface area contributed by atoms with Crippen molar-refractivity contribution in [3.05, 3.63) is 29.6 Å². The minimum absolute atomic E-state index is 0.0507. The molecular weight excluding hydrogens is 257 g/mol. The maximum absolute atomic E-state index is 13.5. The zero-order valence-corrected chi connectivity index (χ0v) is 11.6. The number of benzene rings is 1. The van der Waals surface area contributed by atoms with Crippen molar-refractivity contribution in [2.24, 2.45) is 11.7 Å². The third-order valence-electron chi connectivity index (χ3n) is 4.39. The predicted octanol–water partition coefficient (Wildman–Crippen LogP) is 1.56. The summed E-state index contributed by atoms with van der Waals surface area (Å²) in [4.78, 5) is 14.1. The van der Waals surface area contributed by atoms with Crippen molar-refractivity contribution in [1.82, 2.24) is 5.32 Å². The number of nitrogens with two attached hydrogens (primary N) is 1. The molecule has 1 amide bonds. The number of carbonyl (C=O) groups is 1. The van der Waals surface area contributed by atoms with Crippen LogP contribution in [-0.4, -0.2) is 25.0 Å². The van der Waals surface area contributed by atoms with Crippen LogP contribution in [0.2, 0.25) is 0 Å². The van der Waals surface area contributed by atoms with E-state index in [-0.39, 0.29) is 29.7 Å². The normalized spacial score (nSPS) is 27.1. The Bertz CT molecular complexity index is 532. The molecule has 3 rings (SSSR count). The SMILES string of the molecule is C[C@H](N)c1cc(F)ccc1N1CCCC2C(=O)NCC21. The van der Waals surface area contributed by atoms with Gasteiger partial charge in [0.05, 0.1) is 12.0 Å². The summed E-state index contributed by atoms with van der Waals surface area (Å²) in [6.07, 6.45) is 1.91. The number of rotatable bonds is 2.